The summed E-state index contributed by atoms with van der Waals surface area (Å²) in [5, 5.41) is 7.80. The van der Waals surface area contributed by atoms with Gasteiger partial charge in [0, 0.05) is 26.2 Å². The third-order valence-electron chi connectivity index (χ3n) is 4.56. The van der Waals surface area contributed by atoms with E-state index in [1.165, 1.54) is 0 Å². The first-order valence-electron chi connectivity index (χ1n) is 14.7. The number of hydrogen-bond acceptors (Lipinski definition) is 11. The Kier molecular flexibility index (Phi) is 23.4. The lowest BCUT2D eigenvalue weighted by atomic mass is 10.2. The van der Waals surface area contributed by atoms with Crippen LogP contribution in [0.5, 0.6) is 0 Å². The van der Waals surface area contributed by atoms with Crippen molar-refractivity contribution in [3.05, 3.63) is 35.9 Å². The van der Waals surface area contributed by atoms with Crippen LogP contribution in [-0.2, 0) is 39.8 Å². The van der Waals surface area contributed by atoms with Gasteiger partial charge in [-0.3, -0.25) is 0 Å². The Bertz CT molecular complexity index is 877. The Morgan fingerprint density at radius 3 is 1.36 bits per heavy atom. The SMILES string of the molecule is CC(C)(C)OC(=O)NCCOCCOCCN.CC(C)(C)OC(=O)NCCOCCOCCNC(=O)OCc1ccccc1. The summed E-state index contributed by atoms with van der Waals surface area (Å²) in [6.07, 6.45) is -1.38. The number of alkyl carbamates (subject to hydrolysis) is 3. The van der Waals surface area contributed by atoms with Crippen LogP contribution < -0.4 is 21.7 Å². The second-order valence-corrected chi connectivity index (χ2v) is 11.1. The smallest absolute Gasteiger partial charge is 0.407 e. The normalized spacial score (nSPS) is 11.1. The first-order chi connectivity index (χ1) is 20.8. The number of rotatable bonds is 19. The number of amides is 3. The predicted molar refractivity (Wildman–Crippen MR) is 165 cm³/mol. The van der Waals surface area contributed by atoms with Gasteiger partial charge in [0.05, 0.1) is 52.9 Å². The van der Waals surface area contributed by atoms with Crippen LogP contribution in [0, 0.1) is 0 Å². The van der Waals surface area contributed by atoms with Crippen molar-refractivity contribution in [2.45, 2.75) is 59.4 Å². The van der Waals surface area contributed by atoms with Gasteiger partial charge in [0.25, 0.3) is 0 Å². The summed E-state index contributed by atoms with van der Waals surface area (Å²) in [4.78, 5) is 34.1. The van der Waals surface area contributed by atoms with Crippen LogP contribution in [0.4, 0.5) is 14.4 Å². The zero-order valence-corrected chi connectivity index (χ0v) is 27.2. The second-order valence-electron chi connectivity index (χ2n) is 11.1. The van der Waals surface area contributed by atoms with Crippen molar-refractivity contribution in [1.82, 2.24) is 16.0 Å². The minimum Gasteiger partial charge on any atom is -0.445 e. The van der Waals surface area contributed by atoms with Crippen molar-refractivity contribution in [3.8, 4) is 0 Å². The van der Waals surface area contributed by atoms with Crippen LogP contribution in [0.25, 0.3) is 0 Å². The van der Waals surface area contributed by atoms with Crippen molar-refractivity contribution in [3.63, 3.8) is 0 Å². The molecule has 0 radical (unpaired) electrons. The minimum atomic E-state index is -0.513. The summed E-state index contributed by atoms with van der Waals surface area (Å²) >= 11 is 0. The second kappa shape index (κ2) is 25.2. The van der Waals surface area contributed by atoms with E-state index in [-0.39, 0.29) is 6.61 Å². The number of carbonyl (C=O) groups excluding carboxylic acids is 3. The molecule has 0 fully saturated rings. The fraction of sp³-hybridized carbons (Fsp3) is 0.700. The van der Waals surface area contributed by atoms with Gasteiger partial charge in [-0.25, -0.2) is 14.4 Å². The Hall–Kier alpha value is -3.17. The number of nitrogens with two attached hydrogens (primary N) is 1. The maximum absolute atomic E-state index is 11.5. The first-order valence-corrected chi connectivity index (χ1v) is 14.7. The highest BCUT2D eigenvalue weighted by molar-refractivity contribution is 5.68. The van der Waals surface area contributed by atoms with E-state index < -0.39 is 29.5 Å². The molecule has 1 aromatic carbocycles. The Labute approximate surface area is 261 Å². The highest BCUT2D eigenvalue weighted by Gasteiger charge is 2.16. The molecule has 5 N–H and O–H groups in total. The molecule has 44 heavy (non-hydrogen) atoms. The summed E-state index contributed by atoms with van der Waals surface area (Å²) in [5.41, 5.74) is 5.20. The average Bonchev–Trinajstić information content (AvgIpc) is 2.93. The molecule has 0 bridgehead atoms. The Morgan fingerprint density at radius 1 is 0.591 bits per heavy atom. The molecule has 0 saturated heterocycles. The number of benzene rings is 1. The average molecular weight is 631 g/mol. The zero-order valence-electron chi connectivity index (χ0n) is 27.2. The van der Waals surface area contributed by atoms with E-state index in [1.807, 2.05) is 51.1 Å². The van der Waals surface area contributed by atoms with E-state index in [2.05, 4.69) is 16.0 Å². The molecule has 1 rings (SSSR count). The molecule has 14 heteroatoms. The van der Waals surface area contributed by atoms with Gasteiger partial charge in [-0.2, -0.15) is 0 Å². The largest absolute Gasteiger partial charge is 0.445 e. The third kappa shape index (κ3) is 30.3. The zero-order chi connectivity index (χ0) is 33.1. The van der Waals surface area contributed by atoms with E-state index in [1.54, 1.807) is 20.8 Å². The summed E-state index contributed by atoms with van der Waals surface area (Å²) in [6, 6.07) is 9.46. The molecular weight excluding hydrogens is 576 g/mol. The van der Waals surface area contributed by atoms with E-state index in [0.717, 1.165) is 5.56 Å². The molecule has 0 saturated carbocycles. The van der Waals surface area contributed by atoms with Crippen LogP contribution in [0.1, 0.15) is 47.1 Å². The molecule has 0 aromatic heterocycles. The fourth-order valence-corrected chi connectivity index (χ4v) is 2.81. The molecule has 0 unspecified atom stereocenters. The van der Waals surface area contributed by atoms with Gasteiger partial charge < -0.3 is 54.8 Å². The monoisotopic (exact) mass is 630 g/mol. The molecule has 0 atom stereocenters. The minimum absolute atomic E-state index is 0.235. The number of carbonyl (C=O) groups is 3. The van der Waals surface area contributed by atoms with Crippen molar-refractivity contribution < 1.29 is 47.5 Å². The Balaban J connectivity index is 0.000000938. The molecule has 0 aliphatic rings. The van der Waals surface area contributed by atoms with Crippen molar-refractivity contribution in [2.75, 3.05) is 79.0 Å². The number of nitrogens with one attached hydrogen (secondary N) is 3. The fourth-order valence-electron chi connectivity index (χ4n) is 2.81. The molecular formula is C30H54N4O10. The lowest BCUT2D eigenvalue weighted by Gasteiger charge is -2.19. The Morgan fingerprint density at radius 2 is 0.977 bits per heavy atom. The standard InChI is InChI=1S/C19H30N2O6.C11H24N2O4/c1-19(2,3)27-18(23)21-10-12-25-14-13-24-11-9-20-17(22)26-15-16-7-5-4-6-8-16;1-11(2,3)17-10(14)13-5-7-16-9-8-15-6-4-12/h4-8H,9-15H2,1-3H3,(H,20,22)(H,21,23);4-9,12H2,1-3H3,(H,13,14). The lowest BCUT2D eigenvalue weighted by Crippen LogP contribution is -2.34. The molecule has 254 valence electrons. The van der Waals surface area contributed by atoms with Gasteiger partial charge in [0.1, 0.15) is 17.8 Å². The summed E-state index contributed by atoms with van der Waals surface area (Å²) in [6.45, 7) is 16.3. The van der Waals surface area contributed by atoms with Gasteiger partial charge in [-0.1, -0.05) is 30.3 Å². The molecule has 0 heterocycles. The quantitative estimate of drug-likeness (QED) is 0.130. The van der Waals surface area contributed by atoms with Gasteiger partial charge in [-0.15, -0.1) is 0 Å². The van der Waals surface area contributed by atoms with Crippen LogP contribution in [0.2, 0.25) is 0 Å². The topological polar surface area (TPSA) is 178 Å². The summed E-state index contributed by atoms with van der Waals surface area (Å²) in [7, 11) is 0. The third-order valence-corrected chi connectivity index (χ3v) is 4.56. The van der Waals surface area contributed by atoms with Crippen LogP contribution in [-0.4, -0.2) is 109 Å². The van der Waals surface area contributed by atoms with Crippen LogP contribution >= 0.6 is 0 Å². The van der Waals surface area contributed by atoms with Crippen LogP contribution in [0.3, 0.4) is 0 Å². The van der Waals surface area contributed by atoms with Crippen molar-refractivity contribution in [1.29, 1.82) is 0 Å². The molecule has 0 aliphatic carbocycles. The first kappa shape index (κ1) is 40.8. The van der Waals surface area contributed by atoms with Crippen molar-refractivity contribution >= 4 is 18.3 Å². The van der Waals surface area contributed by atoms with Gasteiger partial charge in [0.2, 0.25) is 0 Å². The summed E-state index contributed by atoms with van der Waals surface area (Å²) < 4.78 is 36.2. The molecule has 3 amide bonds. The highest BCUT2D eigenvalue weighted by atomic mass is 16.6. The van der Waals surface area contributed by atoms with Gasteiger partial charge >= 0.3 is 18.3 Å². The molecule has 1 aromatic rings. The number of ether oxygens (including phenoxy) is 7. The van der Waals surface area contributed by atoms with E-state index in [9.17, 15) is 14.4 Å². The van der Waals surface area contributed by atoms with E-state index in [4.69, 9.17) is 38.9 Å². The van der Waals surface area contributed by atoms with Crippen molar-refractivity contribution in [2.24, 2.45) is 5.73 Å². The molecule has 0 aliphatic heterocycles. The maximum Gasteiger partial charge on any atom is 0.407 e. The maximum atomic E-state index is 11.5. The summed E-state index contributed by atoms with van der Waals surface area (Å²) in [5.74, 6) is 0. The predicted octanol–water partition coefficient (Wildman–Crippen LogP) is 2.97. The van der Waals surface area contributed by atoms with Crippen LogP contribution in [0.15, 0.2) is 30.3 Å². The molecule has 0 spiro atoms. The van der Waals surface area contributed by atoms with Gasteiger partial charge in [-0.05, 0) is 47.1 Å². The highest BCUT2D eigenvalue weighted by Crippen LogP contribution is 2.07. The number of hydrogen-bond donors (Lipinski definition) is 4. The lowest BCUT2D eigenvalue weighted by molar-refractivity contribution is 0.0398. The van der Waals surface area contributed by atoms with E-state index >= 15 is 0 Å². The molecule has 14 nitrogen and oxygen atoms in total. The van der Waals surface area contributed by atoms with E-state index in [0.29, 0.717) is 79.0 Å². The van der Waals surface area contributed by atoms with Gasteiger partial charge in [0.15, 0.2) is 0 Å².